The van der Waals surface area contributed by atoms with Gasteiger partial charge in [0.05, 0.1) is 18.5 Å². The molecule has 0 aliphatic carbocycles. The maximum atomic E-state index is 13.2. The Morgan fingerprint density at radius 3 is 2.70 bits per heavy atom. The van der Waals surface area contributed by atoms with E-state index < -0.39 is 27.8 Å². The fourth-order valence-electron chi connectivity index (χ4n) is 2.30. The van der Waals surface area contributed by atoms with E-state index in [-0.39, 0.29) is 24.6 Å². The third-order valence-electron chi connectivity index (χ3n) is 3.58. The van der Waals surface area contributed by atoms with Crippen LogP contribution >= 0.6 is 0 Å². The highest BCUT2D eigenvalue weighted by Gasteiger charge is 2.40. The molecule has 2 rings (SSSR count). The number of ether oxygens (including phenoxy) is 1. The maximum absolute atomic E-state index is 13.2. The van der Waals surface area contributed by atoms with Gasteiger partial charge in [-0.05, 0) is 12.1 Å². The molecule has 1 aliphatic heterocycles. The highest BCUT2D eigenvalue weighted by molar-refractivity contribution is 7.87. The van der Waals surface area contributed by atoms with Gasteiger partial charge in [0.2, 0.25) is 11.8 Å². The number of hydrogen-bond donors (Lipinski definition) is 1. The van der Waals surface area contributed by atoms with E-state index in [9.17, 15) is 21.9 Å². The van der Waals surface area contributed by atoms with Gasteiger partial charge in [0, 0.05) is 25.5 Å². The molecular formula is C14H17FN2O5S. The Hall–Kier alpha value is -2.16. The minimum atomic E-state index is -4.81. The number of anilines is 2. The number of nitrogens with one attached hydrogen (secondary N) is 1. The molecule has 7 nitrogen and oxygen atoms in total. The molecule has 23 heavy (non-hydrogen) atoms. The van der Waals surface area contributed by atoms with E-state index in [4.69, 9.17) is 4.74 Å². The van der Waals surface area contributed by atoms with Gasteiger partial charge in [-0.25, -0.2) is 0 Å². The molecule has 0 saturated carbocycles. The second-order valence-corrected chi connectivity index (χ2v) is 6.71. The number of amides is 2. The minimum Gasteiger partial charge on any atom is -0.497 e. The van der Waals surface area contributed by atoms with Crippen molar-refractivity contribution in [2.75, 3.05) is 23.9 Å². The zero-order valence-corrected chi connectivity index (χ0v) is 13.5. The summed E-state index contributed by atoms with van der Waals surface area (Å²) in [5, 5.41) is 1.22. The Labute approximate surface area is 133 Å². The van der Waals surface area contributed by atoms with Crippen molar-refractivity contribution in [1.29, 1.82) is 0 Å². The van der Waals surface area contributed by atoms with Gasteiger partial charge in [-0.1, -0.05) is 6.92 Å². The second-order valence-electron chi connectivity index (χ2n) is 5.09. The van der Waals surface area contributed by atoms with Crippen LogP contribution in [0.2, 0.25) is 0 Å². The molecule has 1 aromatic rings. The van der Waals surface area contributed by atoms with Gasteiger partial charge >= 0.3 is 10.2 Å². The van der Waals surface area contributed by atoms with Crippen molar-refractivity contribution < 1.29 is 26.6 Å². The van der Waals surface area contributed by atoms with Gasteiger partial charge in [-0.15, -0.1) is 3.89 Å². The number of carbonyl (C=O) groups excluding carboxylic acids is 2. The lowest BCUT2D eigenvalue weighted by atomic mass is 10.2. The highest BCUT2D eigenvalue weighted by atomic mass is 32.3. The zero-order chi connectivity index (χ0) is 17.2. The third-order valence-corrected chi connectivity index (χ3v) is 4.69. The van der Waals surface area contributed by atoms with Gasteiger partial charge in [-0.2, -0.15) is 8.42 Å². The Bertz CT molecular complexity index is 735. The molecule has 1 aromatic carbocycles. The first-order valence-electron chi connectivity index (χ1n) is 6.98. The lowest BCUT2D eigenvalue weighted by Gasteiger charge is -2.21. The van der Waals surface area contributed by atoms with E-state index in [1.54, 1.807) is 19.1 Å². The average Bonchev–Trinajstić information content (AvgIpc) is 2.89. The lowest BCUT2D eigenvalue weighted by molar-refractivity contribution is -0.117. The summed E-state index contributed by atoms with van der Waals surface area (Å²) in [6.45, 7) is 1.37. The largest absolute Gasteiger partial charge is 0.497 e. The van der Waals surface area contributed by atoms with Crippen LogP contribution in [0.5, 0.6) is 5.75 Å². The van der Waals surface area contributed by atoms with Crippen molar-refractivity contribution in [2.24, 2.45) is 0 Å². The van der Waals surface area contributed by atoms with Crippen molar-refractivity contribution >= 4 is 33.4 Å². The first kappa shape index (κ1) is 17.2. The number of hydrogen-bond acceptors (Lipinski definition) is 5. The van der Waals surface area contributed by atoms with Crippen molar-refractivity contribution in [3.63, 3.8) is 0 Å². The summed E-state index contributed by atoms with van der Waals surface area (Å²) in [5.74, 6) is -0.372. The SMILES string of the molecule is CCC(=O)Nc1ccc(OC)cc1N1CC(S(=O)(=O)F)CC1=O. The molecule has 1 unspecified atom stereocenters. The summed E-state index contributed by atoms with van der Waals surface area (Å²) in [6, 6.07) is 4.64. The Kier molecular flexibility index (Phi) is 4.88. The number of methoxy groups -OCH3 is 1. The van der Waals surface area contributed by atoms with E-state index >= 15 is 0 Å². The second kappa shape index (κ2) is 6.53. The van der Waals surface area contributed by atoms with Crippen LogP contribution in [-0.4, -0.2) is 39.1 Å². The number of nitrogens with zero attached hydrogens (tertiary/aromatic N) is 1. The molecule has 2 amide bonds. The van der Waals surface area contributed by atoms with Crippen LogP contribution in [-0.2, 0) is 19.8 Å². The molecule has 1 N–H and O–H groups in total. The molecule has 1 heterocycles. The van der Waals surface area contributed by atoms with Crippen molar-refractivity contribution in [3.8, 4) is 5.75 Å². The van der Waals surface area contributed by atoms with E-state index in [1.165, 1.54) is 13.2 Å². The molecule has 1 saturated heterocycles. The number of halogens is 1. The lowest BCUT2D eigenvalue weighted by Crippen LogP contribution is -2.28. The number of carbonyl (C=O) groups is 2. The Morgan fingerprint density at radius 1 is 1.48 bits per heavy atom. The summed E-state index contributed by atoms with van der Waals surface area (Å²) < 4.78 is 40.3. The molecule has 1 fully saturated rings. The average molecular weight is 344 g/mol. The van der Waals surface area contributed by atoms with Crippen LogP contribution in [0.3, 0.4) is 0 Å². The number of rotatable bonds is 5. The van der Waals surface area contributed by atoms with Gasteiger partial charge in [0.1, 0.15) is 11.0 Å². The topological polar surface area (TPSA) is 92.8 Å². The fourth-order valence-corrected chi connectivity index (χ4v) is 2.97. The molecular weight excluding hydrogens is 327 g/mol. The van der Waals surface area contributed by atoms with Gasteiger partial charge < -0.3 is 15.0 Å². The van der Waals surface area contributed by atoms with Gasteiger partial charge in [0.15, 0.2) is 0 Å². The summed E-state index contributed by atoms with van der Waals surface area (Å²) in [5.41, 5.74) is 0.616. The first-order chi connectivity index (χ1) is 10.8. The van der Waals surface area contributed by atoms with Crippen molar-refractivity contribution in [3.05, 3.63) is 18.2 Å². The van der Waals surface area contributed by atoms with E-state index in [2.05, 4.69) is 5.32 Å². The normalized spacial score (nSPS) is 18.1. The standard InChI is InChI=1S/C14H17FN2O5S/c1-3-13(18)16-11-5-4-9(22-2)6-12(11)17-8-10(7-14(17)19)23(15,20)21/h4-6,10H,3,7-8H2,1-2H3,(H,16,18). The van der Waals surface area contributed by atoms with Crippen molar-refractivity contribution in [1.82, 2.24) is 0 Å². The quantitative estimate of drug-likeness (QED) is 0.816. The summed E-state index contributed by atoms with van der Waals surface area (Å²) in [6.07, 6.45) is -0.196. The molecule has 0 spiro atoms. The van der Waals surface area contributed by atoms with Gasteiger partial charge in [0.25, 0.3) is 0 Å². The predicted molar refractivity (Wildman–Crippen MR) is 82.7 cm³/mol. The van der Waals surface area contributed by atoms with E-state index in [0.29, 0.717) is 11.4 Å². The molecule has 1 atom stereocenters. The Morgan fingerprint density at radius 2 is 2.17 bits per heavy atom. The highest BCUT2D eigenvalue weighted by Crippen LogP contribution is 2.34. The summed E-state index contributed by atoms with van der Waals surface area (Å²) in [4.78, 5) is 24.8. The summed E-state index contributed by atoms with van der Waals surface area (Å²) >= 11 is 0. The monoisotopic (exact) mass is 344 g/mol. The minimum absolute atomic E-state index is 0.237. The molecule has 9 heteroatoms. The van der Waals surface area contributed by atoms with Crippen LogP contribution in [0.4, 0.5) is 15.3 Å². The Balaban J connectivity index is 2.40. The molecule has 0 aromatic heterocycles. The third kappa shape index (κ3) is 3.79. The van der Waals surface area contributed by atoms with Crippen LogP contribution in [0.15, 0.2) is 18.2 Å². The maximum Gasteiger partial charge on any atom is 0.307 e. The van der Waals surface area contributed by atoms with E-state index in [0.717, 1.165) is 4.90 Å². The summed E-state index contributed by atoms with van der Waals surface area (Å²) in [7, 11) is -3.38. The molecule has 0 bridgehead atoms. The number of benzene rings is 1. The van der Waals surface area contributed by atoms with Crippen LogP contribution in [0, 0.1) is 0 Å². The van der Waals surface area contributed by atoms with Crippen LogP contribution in [0.25, 0.3) is 0 Å². The molecule has 126 valence electrons. The molecule has 0 radical (unpaired) electrons. The smallest absolute Gasteiger partial charge is 0.307 e. The predicted octanol–water partition coefficient (Wildman–Crippen LogP) is 1.45. The zero-order valence-electron chi connectivity index (χ0n) is 12.7. The molecule has 1 aliphatic rings. The van der Waals surface area contributed by atoms with Gasteiger partial charge in [-0.3, -0.25) is 9.59 Å². The van der Waals surface area contributed by atoms with Crippen LogP contribution < -0.4 is 15.0 Å². The first-order valence-corrected chi connectivity index (χ1v) is 8.42. The van der Waals surface area contributed by atoms with Crippen LogP contribution in [0.1, 0.15) is 19.8 Å². The van der Waals surface area contributed by atoms with E-state index in [1.807, 2.05) is 0 Å². The fraction of sp³-hybridized carbons (Fsp3) is 0.429. The van der Waals surface area contributed by atoms with Crippen molar-refractivity contribution in [2.45, 2.75) is 25.0 Å².